The average molecular weight is 334 g/mol. The SMILES string of the molecule is CN1CCN(C(=O)OCc2ccccc2)C(C(=O)OC(C)(C)C)C1. The van der Waals surface area contributed by atoms with Gasteiger partial charge in [0.25, 0.3) is 0 Å². The van der Waals surface area contributed by atoms with Gasteiger partial charge in [-0.3, -0.25) is 4.90 Å². The normalized spacial score (nSPS) is 19.0. The zero-order chi connectivity index (χ0) is 17.7. The van der Waals surface area contributed by atoms with Crippen LogP contribution in [-0.2, 0) is 20.9 Å². The lowest BCUT2D eigenvalue weighted by Crippen LogP contribution is -2.58. The van der Waals surface area contributed by atoms with Gasteiger partial charge in [-0.15, -0.1) is 0 Å². The van der Waals surface area contributed by atoms with Crippen molar-refractivity contribution in [1.29, 1.82) is 0 Å². The molecular formula is C18H26N2O4. The van der Waals surface area contributed by atoms with Crippen LogP contribution in [-0.4, -0.2) is 60.2 Å². The van der Waals surface area contributed by atoms with Crippen LogP contribution in [0.5, 0.6) is 0 Å². The molecule has 0 aromatic heterocycles. The van der Waals surface area contributed by atoms with Gasteiger partial charge in [0.1, 0.15) is 18.2 Å². The molecule has 1 saturated heterocycles. The third-order valence-electron chi connectivity index (χ3n) is 3.70. The zero-order valence-electron chi connectivity index (χ0n) is 14.8. The second kappa shape index (κ2) is 7.66. The Morgan fingerprint density at radius 2 is 1.83 bits per heavy atom. The highest BCUT2D eigenvalue weighted by Crippen LogP contribution is 2.16. The van der Waals surface area contributed by atoms with Crippen LogP contribution in [0.4, 0.5) is 4.79 Å². The van der Waals surface area contributed by atoms with E-state index in [1.165, 1.54) is 4.90 Å². The summed E-state index contributed by atoms with van der Waals surface area (Å²) in [6.07, 6.45) is -0.484. The van der Waals surface area contributed by atoms with Crippen molar-refractivity contribution in [3.8, 4) is 0 Å². The Labute approximate surface area is 143 Å². The molecule has 24 heavy (non-hydrogen) atoms. The van der Waals surface area contributed by atoms with E-state index in [-0.39, 0.29) is 6.61 Å². The molecule has 0 N–H and O–H groups in total. The highest BCUT2D eigenvalue weighted by molar-refractivity contribution is 5.82. The second-order valence-corrected chi connectivity index (χ2v) is 7.05. The summed E-state index contributed by atoms with van der Waals surface area (Å²) in [6.45, 7) is 7.21. The van der Waals surface area contributed by atoms with E-state index in [4.69, 9.17) is 9.47 Å². The summed E-state index contributed by atoms with van der Waals surface area (Å²) < 4.78 is 10.8. The van der Waals surface area contributed by atoms with Crippen molar-refractivity contribution >= 4 is 12.1 Å². The van der Waals surface area contributed by atoms with E-state index in [0.717, 1.165) is 5.56 Å². The van der Waals surface area contributed by atoms with Crippen LogP contribution in [0.2, 0.25) is 0 Å². The molecule has 1 heterocycles. The van der Waals surface area contributed by atoms with E-state index in [0.29, 0.717) is 19.6 Å². The van der Waals surface area contributed by atoms with Crippen molar-refractivity contribution in [2.45, 2.75) is 39.0 Å². The van der Waals surface area contributed by atoms with Gasteiger partial charge in [0, 0.05) is 19.6 Å². The number of piperazine rings is 1. The van der Waals surface area contributed by atoms with Crippen LogP contribution in [0.25, 0.3) is 0 Å². The molecule has 132 valence electrons. The first-order valence-corrected chi connectivity index (χ1v) is 8.15. The van der Waals surface area contributed by atoms with E-state index in [9.17, 15) is 9.59 Å². The van der Waals surface area contributed by atoms with Gasteiger partial charge in [0.05, 0.1) is 0 Å². The molecule has 1 fully saturated rings. The fourth-order valence-electron chi connectivity index (χ4n) is 2.51. The summed E-state index contributed by atoms with van der Waals surface area (Å²) in [5.74, 6) is -0.397. The van der Waals surface area contributed by atoms with E-state index < -0.39 is 23.7 Å². The second-order valence-electron chi connectivity index (χ2n) is 7.05. The maximum atomic E-state index is 12.5. The monoisotopic (exact) mass is 334 g/mol. The van der Waals surface area contributed by atoms with Gasteiger partial charge in [-0.25, -0.2) is 9.59 Å². The van der Waals surface area contributed by atoms with Crippen LogP contribution in [0, 0.1) is 0 Å². The van der Waals surface area contributed by atoms with Crippen molar-refractivity contribution in [3.63, 3.8) is 0 Å². The molecule has 2 rings (SSSR count). The highest BCUT2D eigenvalue weighted by atomic mass is 16.6. The van der Waals surface area contributed by atoms with Gasteiger partial charge in [-0.05, 0) is 33.4 Å². The van der Waals surface area contributed by atoms with Crippen molar-refractivity contribution in [1.82, 2.24) is 9.80 Å². The van der Waals surface area contributed by atoms with Gasteiger partial charge in [-0.1, -0.05) is 30.3 Å². The number of nitrogens with zero attached hydrogens (tertiary/aromatic N) is 2. The van der Waals surface area contributed by atoms with Gasteiger partial charge < -0.3 is 14.4 Å². The van der Waals surface area contributed by atoms with Crippen LogP contribution in [0.3, 0.4) is 0 Å². The Morgan fingerprint density at radius 3 is 2.46 bits per heavy atom. The zero-order valence-corrected chi connectivity index (χ0v) is 14.8. The minimum Gasteiger partial charge on any atom is -0.458 e. The molecular weight excluding hydrogens is 308 g/mol. The van der Waals surface area contributed by atoms with E-state index in [2.05, 4.69) is 0 Å². The smallest absolute Gasteiger partial charge is 0.410 e. The van der Waals surface area contributed by atoms with Crippen LogP contribution in [0.1, 0.15) is 26.3 Å². The Kier molecular flexibility index (Phi) is 5.83. The first-order valence-electron chi connectivity index (χ1n) is 8.15. The number of esters is 1. The van der Waals surface area contributed by atoms with Crippen LogP contribution in [0.15, 0.2) is 30.3 Å². The average Bonchev–Trinajstić information content (AvgIpc) is 2.52. The number of rotatable bonds is 3. The Bertz CT molecular complexity index is 568. The lowest BCUT2D eigenvalue weighted by Gasteiger charge is -2.38. The standard InChI is InChI=1S/C18H26N2O4/c1-18(2,3)24-16(21)15-12-19(4)10-11-20(15)17(22)23-13-14-8-6-5-7-9-14/h5-9,15H,10-13H2,1-4H3. The van der Waals surface area contributed by atoms with Crippen molar-refractivity contribution in [2.24, 2.45) is 0 Å². The lowest BCUT2D eigenvalue weighted by molar-refractivity contribution is -0.163. The molecule has 1 aromatic carbocycles. The summed E-state index contributed by atoms with van der Waals surface area (Å²) in [4.78, 5) is 28.4. The molecule has 0 saturated carbocycles. The number of likely N-dealkylation sites (N-methyl/N-ethyl adjacent to an activating group) is 1. The Morgan fingerprint density at radius 1 is 1.17 bits per heavy atom. The lowest BCUT2D eigenvalue weighted by atomic mass is 10.1. The van der Waals surface area contributed by atoms with Crippen LogP contribution >= 0.6 is 0 Å². The molecule has 0 spiro atoms. The van der Waals surface area contributed by atoms with Crippen molar-refractivity contribution in [3.05, 3.63) is 35.9 Å². The Balaban J connectivity index is 2.01. The Hall–Kier alpha value is -2.08. The van der Waals surface area contributed by atoms with E-state index >= 15 is 0 Å². The van der Waals surface area contributed by atoms with Gasteiger partial charge in [-0.2, -0.15) is 0 Å². The third kappa shape index (κ3) is 5.23. The molecule has 0 bridgehead atoms. The number of hydrogen-bond acceptors (Lipinski definition) is 5. The largest absolute Gasteiger partial charge is 0.458 e. The fraction of sp³-hybridized carbons (Fsp3) is 0.556. The molecule has 1 unspecified atom stereocenters. The number of benzene rings is 1. The molecule has 6 heteroatoms. The minimum atomic E-state index is -0.647. The quantitative estimate of drug-likeness (QED) is 0.794. The maximum Gasteiger partial charge on any atom is 0.410 e. The molecule has 1 atom stereocenters. The van der Waals surface area contributed by atoms with Gasteiger partial charge >= 0.3 is 12.1 Å². The summed E-state index contributed by atoms with van der Waals surface area (Å²) in [6, 6.07) is 8.83. The van der Waals surface area contributed by atoms with E-state index in [1.807, 2.05) is 63.1 Å². The molecule has 1 aromatic rings. The van der Waals surface area contributed by atoms with Crippen molar-refractivity contribution < 1.29 is 19.1 Å². The number of hydrogen-bond donors (Lipinski definition) is 0. The first-order chi connectivity index (χ1) is 11.3. The summed E-state index contributed by atoms with van der Waals surface area (Å²) in [5.41, 5.74) is 0.320. The summed E-state index contributed by atoms with van der Waals surface area (Å²) in [7, 11) is 1.92. The molecule has 1 amide bonds. The van der Waals surface area contributed by atoms with Crippen molar-refractivity contribution in [2.75, 3.05) is 26.7 Å². The van der Waals surface area contributed by atoms with Crippen LogP contribution < -0.4 is 0 Å². The number of ether oxygens (including phenoxy) is 2. The third-order valence-corrected chi connectivity index (χ3v) is 3.70. The predicted octanol–water partition coefficient (Wildman–Crippen LogP) is 2.28. The molecule has 6 nitrogen and oxygen atoms in total. The summed E-state index contributed by atoms with van der Waals surface area (Å²) >= 11 is 0. The van der Waals surface area contributed by atoms with Gasteiger partial charge in [0.2, 0.25) is 0 Å². The summed E-state index contributed by atoms with van der Waals surface area (Å²) in [5, 5.41) is 0. The minimum absolute atomic E-state index is 0.188. The number of amides is 1. The molecule has 0 radical (unpaired) electrons. The molecule has 1 aliphatic rings. The highest BCUT2D eigenvalue weighted by Gasteiger charge is 2.37. The maximum absolute atomic E-state index is 12.5. The topological polar surface area (TPSA) is 59.1 Å². The fourth-order valence-corrected chi connectivity index (χ4v) is 2.51. The van der Waals surface area contributed by atoms with Gasteiger partial charge in [0.15, 0.2) is 0 Å². The van der Waals surface area contributed by atoms with E-state index in [1.54, 1.807) is 0 Å². The molecule has 1 aliphatic heterocycles. The number of carbonyl (C=O) groups is 2. The predicted molar refractivity (Wildman–Crippen MR) is 90.5 cm³/mol. The molecule has 0 aliphatic carbocycles. The first kappa shape index (κ1) is 18.3. The number of carbonyl (C=O) groups excluding carboxylic acids is 2.